The molecule has 0 aliphatic heterocycles. The van der Waals surface area contributed by atoms with Crippen LogP contribution in [0.5, 0.6) is 11.5 Å². The number of hydrogen-bond donors (Lipinski definition) is 2. The number of H-pyrrole nitrogens is 1. The third-order valence-corrected chi connectivity index (χ3v) is 5.12. The number of aromatic amines is 1. The molecular formula is C24H23N5O3. The van der Waals surface area contributed by atoms with Crippen LogP contribution in [0.4, 0.5) is 0 Å². The van der Waals surface area contributed by atoms with Gasteiger partial charge in [0.15, 0.2) is 11.5 Å². The Labute approximate surface area is 185 Å². The molecule has 8 nitrogen and oxygen atoms in total. The fraction of sp³-hybridized carbons (Fsp3) is 0.167. The average molecular weight is 429 g/mol. The molecule has 2 aromatic carbocycles. The zero-order valence-electron chi connectivity index (χ0n) is 18.3. The Hall–Kier alpha value is -4.20. The van der Waals surface area contributed by atoms with Crippen LogP contribution in [0.1, 0.15) is 27.2 Å². The van der Waals surface area contributed by atoms with Gasteiger partial charge >= 0.3 is 0 Å². The van der Waals surface area contributed by atoms with Crippen LogP contribution >= 0.6 is 0 Å². The largest absolute Gasteiger partial charge is 0.493 e. The lowest BCUT2D eigenvalue weighted by molar-refractivity contribution is 0.0956. The number of fused-ring (bicyclic) bond motifs is 1. The summed E-state index contributed by atoms with van der Waals surface area (Å²) in [6.45, 7) is 3.84. The highest BCUT2D eigenvalue weighted by atomic mass is 16.5. The number of rotatable bonds is 6. The highest BCUT2D eigenvalue weighted by Gasteiger charge is 2.13. The second-order valence-electron chi connectivity index (χ2n) is 7.25. The second kappa shape index (κ2) is 8.89. The van der Waals surface area contributed by atoms with Gasteiger partial charge < -0.3 is 9.47 Å². The monoisotopic (exact) mass is 429 g/mol. The molecule has 2 aromatic heterocycles. The summed E-state index contributed by atoms with van der Waals surface area (Å²) < 4.78 is 10.7. The first kappa shape index (κ1) is 21.0. The molecule has 0 aliphatic rings. The maximum atomic E-state index is 12.9. The highest BCUT2D eigenvalue weighted by molar-refractivity contribution is 6.07. The number of aryl methyl sites for hydroxylation is 2. The number of aromatic nitrogens is 3. The second-order valence-corrected chi connectivity index (χ2v) is 7.25. The van der Waals surface area contributed by atoms with E-state index in [2.05, 4.69) is 25.7 Å². The third kappa shape index (κ3) is 4.02. The van der Waals surface area contributed by atoms with Gasteiger partial charge in [0.2, 0.25) is 0 Å². The van der Waals surface area contributed by atoms with E-state index < -0.39 is 0 Å². The summed E-state index contributed by atoms with van der Waals surface area (Å²) in [7, 11) is 3.17. The summed E-state index contributed by atoms with van der Waals surface area (Å²) in [4.78, 5) is 17.4. The lowest BCUT2D eigenvalue weighted by atomic mass is 10.0. The molecule has 0 fully saturated rings. The summed E-state index contributed by atoms with van der Waals surface area (Å²) in [5, 5.41) is 12.0. The van der Waals surface area contributed by atoms with Crippen molar-refractivity contribution < 1.29 is 14.3 Å². The third-order valence-electron chi connectivity index (χ3n) is 5.12. The number of nitrogens with one attached hydrogen (secondary N) is 2. The van der Waals surface area contributed by atoms with Gasteiger partial charge in [0.1, 0.15) is 0 Å². The molecule has 0 unspecified atom stereocenters. The van der Waals surface area contributed by atoms with Crippen LogP contribution in [-0.4, -0.2) is 41.5 Å². The molecule has 162 valence electrons. The number of para-hydroxylation sites is 1. The van der Waals surface area contributed by atoms with E-state index in [0.29, 0.717) is 22.6 Å². The molecule has 2 N–H and O–H groups in total. The van der Waals surface area contributed by atoms with E-state index in [1.165, 1.54) is 0 Å². The molecule has 0 saturated carbocycles. The summed E-state index contributed by atoms with van der Waals surface area (Å²) in [6.07, 6.45) is 3.19. The number of carbonyl (C=O) groups excluding carboxylic acids is 1. The number of methoxy groups -OCH3 is 2. The minimum Gasteiger partial charge on any atom is -0.493 e. The quantitative estimate of drug-likeness (QED) is 0.356. The Balaban J connectivity index is 1.58. The van der Waals surface area contributed by atoms with E-state index in [9.17, 15) is 4.79 Å². The Morgan fingerprint density at radius 2 is 1.91 bits per heavy atom. The molecule has 0 radical (unpaired) electrons. The Bertz CT molecular complexity index is 1330. The van der Waals surface area contributed by atoms with Crippen molar-refractivity contribution in [2.45, 2.75) is 13.8 Å². The van der Waals surface area contributed by atoms with Crippen molar-refractivity contribution in [3.63, 3.8) is 0 Å². The first-order valence-corrected chi connectivity index (χ1v) is 9.98. The van der Waals surface area contributed by atoms with E-state index in [0.717, 1.165) is 33.4 Å². The van der Waals surface area contributed by atoms with E-state index in [-0.39, 0.29) is 5.91 Å². The number of benzene rings is 2. The predicted molar refractivity (Wildman–Crippen MR) is 123 cm³/mol. The predicted octanol–water partition coefficient (Wildman–Crippen LogP) is 4.02. The van der Waals surface area contributed by atoms with Crippen LogP contribution in [0.2, 0.25) is 0 Å². The van der Waals surface area contributed by atoms with Crippen molar-refractivity contribution in [1.82, 2.24) is 20.6 Å². The zero-order chi connectivity index (χ0) is 22.7. The molecule has 8 heteroatoms. The molecule has 32 heavy (non-hydrogen) atoms. The van der Waals surface area contributed by atoms with Gasteiger partial charge in [-0.05, 0) is 43.7 Å². The Kier molecular flexibility index (Phi) is 5.85. The normalized spacial score (nSPS) is 11.1. The standard InChI is InChI=1S/C24H23N5O3/c1-14-6-5-7-18-19(10-15(2)27-22(14)18)24(30)29-26-13-17-12-25-28-23(17)16-8-9-20(31-3)21(11-16)32-4/h5-13H,1-4H3,(H,25,28)(H,29,30)/b26-13-. The fourth-order valence-corrected chi connectivity index (χ4v) is 3.54. The van der Waals surface area contributed by atoms with Gasteiger partial charge in [-0.25, -0.2) is 5.43 Å². The first-order chi connectivity index (χ1) is 15.5. The fourth-order valence-electron chi connectivity index (χ4n) is 3.54. The smallest absolute Gasteiger partial charge is 0.272 e. The van der Waals surface area contributed by atoms with Gasteiger partial charge in [-0.3, -0.25) is 14.9 Å². The number of carbonyl (C=O) groups is 1. The van der Waals surface area contributed by atoms with Crippen molar-refractivity contribution in [3.8, 4) is 22.8 Å². The van der Waals surface area contributed by atoms with E-state index in [1.54, 1.807) is 32.7 Å². The molecule has 4 aromatic rings. The number of amides is 1. The van der Waals surface area contributed by atoms with Gasteiger partial charge in [0.25, 0.3) is 5.91 Å². The Morgan fingerprint density at radius 1 is 1.09 bits per heavy atom. The molecule has 0 aliphatic carbocycles. The maximum Gasteiger partial charge on any atom is 0.272 e. The van der Waals surface area contributed by atoms with Crippen molar-refractivity contribution in [3.05, 3.63) is 71.0 Å². The van der Waals surface area contributed by atoms with E-state index in [1.807, 2.05) is 50.2 Å². The van der Waals surface area contributed by atoms with Crippen LogP contribution in [0, 0.1) is 13.8 Å². The number of pyridine rings is 1. The lowest BCUT2D eigenvalue weighted by Gasteiger charge is -2.09. The minimum absolute atomic E-state index is 0.307. The molecule has 0 spiro atoms. The zero-order valence-corrected chi connectivity index (χ0v) is 18.3. The number of hydrazone groups is 1. The Morgan fingerprint density at radius 3 is 2.69 bits per heavy atom. The molecule has 2 heterocycles. The van der Waals surface area contributed by atoms with Crippen molar-refractivity contribution in [2.75, 3.05) is 14.2 Å². The van der Waals surface area contributed by atoms with Crippen molar-refractivity contribution in [1.29, 1.82) is 0 Å². The molecule has 0 saturated heterocycles. The van der Waals surface area contributed by atoms with Crippen molar-refractivity contribution in [2.24, 2.45) is 5.10 Å². The molecular weight excluding hydrogens is 406 g/mol. The topological polar surface area (TPSA) is 101 Å². The summed E-state index contributed by atoms with van der Waals surface area (Å²) in [6, 6.07) is 13.1. The van der Waals surface area contributed by atoms with Crippen molar-refractivity contribution >= 4 is 23.0 Å². The van der Waals surface area contributed by atoms with Crippen LogP contribution in [-0.2, 0) is 0 Å². The van der Waals surface area contributed by atoms with Crippen LogP contribution in [0.15, 0.2) is 53.8 Å². The SMILES string of the molecule is COc1ccc(-c2[nH]ncc2/C=N\NC(=O)c2cc(C)nc3c(C)cccc23)cc1OC. The van der Waals surface area contributed by atoms with Gasteiger partial charge in [0, 0.05) is 22.2 Å². The van der Waals surface area contributed by atoms with Crippen LogP contribution in [0.3, 0.4) is 0 Å². The molecule has 0 bridgehead atoms. The molecule has 1 amide bonds. The van der Waals surface area contributed by atoms with Gasteiger partial charge in [0.05, 0.1) is 43.4 Å². The van der Waals surface area contributed by atoms with Gasteiger partial charge in [-0.1, -0.05) is 18.2 Å². The lowest BCUT2D eigenvalue weighted by Crippen LogP contribution is -2.18. The summed E-state index contributed by atoms with van der Waals surface area (Å²) in [5.74, 6) is 0.929. The number of ether oxygens (including phenoxy) is 2. The van der Waals surface area contributed by atoms with E-state index in [4.69, 9.17) is 9.47 Å². The molecule has 0 atom stereocenters. The summed E-state index contributed by atoms with van der Waals surface area (Å²) in [5.41, 5.74) is 8.04. The van der Waals surface area contributed by atoms with Crippen LogP contribution in [0.25, 0.3) is 22.2 Å². The highest BCUT2D eigenvalue weighted by Crippen LogP contribution is 2.32. The summed E-state index contributed by atoms with van der Waals surface area (Å²) >= 11 is 0. The molecule has 4 rings (SSSR count). The van der Waals surface area contributed by atoms with E-state index >= 15 is 0 Å². The minimum atomic E-state index is -0.307. The first-order valence-electron chi connectivity index (χ1n) is 9.98. The maximum absolute atomic E-state index is 12.9. The van der Waals surface area contributed by atoms with Gasteiger partial charge in [-0.2, -0.15) is 10.2 Å². The number of nitrogens with zero attached hydrogens (tertiary/aromatic N) is 3. The number of hydrogen-bond acceptors (Lipinski definition) is 6. The van der Waals surface area contributed by atoms with Crippen LogP contribution < -0.4 is 14.9 Å². The van der Waals surface area contributed by atoms with Gasteiger partial charge in [-0.15, -0.1) is 0 Å². The average Bonchev–Trinajstić information content (AvgIpc) is 3.27.